The van der Waals surface area contributed by atoms with Crippen LogP contribution in [0, 0.1) is 0 Å². The summed E-state index contributed by atoms with van der Waals surface area (Å²) in [6.07, 6.45) is 5.34. The molecule has 1 saturated heterocycles. The lowest BCUT2D eigenvalue weighted by molar-refractivity contribution is 0.231. The van der Waals surface area contributed by atoms with Crippen molar-refractivity contribution < 1.29 is 0 Å². The molecule has 0 bridgehead atoms. The molecule has 2 nitrogen and oxygen atoms in total. The van der Waals surface area contributed by atoms with Gasteiger partial charge in [0.25, 0.3) is 0 Å². The van der Waals surface area contributed by atoms with E-state index < -0.39 is 0 Å². The van der Waals surface area contributed by atoms with Crippen molar-refractivity contribution in [2.75, 3.05) is 19.6 Å². The number of rotatable bonds is 6. The zero-order valence-corrected chi connectivity index (χ0v) is 10.1. The van der Waals surface area contributed by atoms with Gasteiger partial charge in [0.05, 0.1) is 0 Å². The van der Waals surface area contributed by atoms with Crippen LogP contribution in [0.3, 0.4) is 0 Å². The van der Waals surface area contributed by atoms with Crippen molar-refractivity contribution in [2.45, 2.75) is 58.5 Å². The highest BCUT2D eigenvalue weighted by Gasteiger charge is 2.19. The van der Waals surface area contributed by atoms with Crippen LogP contribution in [-0.4, -0.2) is 36.6 Å². The monoisotopic (exact) mass is 198 g/mol. The summed E-state index contributed by atoms with van der Waals surface area (Å²) >= 11 is 0. The molecule has 1 fully saturated rings. The van der Waals surface area contributed by atoms with Crippen LogP contribution in [0.1, 0.15) is 46.5 Å². The van der Waals surface area contributed by atoms with Crippen molar-refractivity contribution in [2.24, 2.45) is 0 Å². The minimum Gasteiger partial charge on any atom is -0.314 e. The third-order valence-electron chi connectivity index (χ3n) is 3.20. The highest BCUT2D eigenvalue weighted by molar-refractivity contribution is 4.76. The molecule has 0 aromatic carbocycles. The Bertz CT molecular complexity index is 141. The summed E-state index contributed by atoms with van der Waals surface area (Å²) in [4.78, 5) is 2.63. The molecule has 1 aliphatic rings. The molecule has 14 heavy (non-hydrogen) atoms. The highest BCUT2D eigenvalue weighted by atomic mass is 15.2. The first-order valence-electron chi connectivity index (χ1n) is 6.21. The third-order valence-corrected chi connectivity index (χ3v) is 3.20. The standard InChI is InChI=1S/C12H26N2/c1-4-7-13-11(2)10-12(3)14-8-5-6-9-14/h11-13H,4-10H2,1-3H3. The molecule has 1 rings (SSSR count). The average Bonchev–Trinajstić information content (AvgIpc) is 2.67. The second-order valence-electron chi connectivity index (χ2n) is 4.68. The molecular formula is C12H26N2. The Labute approximate surface area is 89.1 Å². The van der Waals surface area contributed by atoms with E-state index in [-0.39, 0.29) is 0 Å². The SMILES string of the molecule is CCCNC(C)CC(C)N1CCCC1. The topological polar surface area (TPSA) is 15.3 Å². The molecule has 0 aromatic rings. The molecule has 1 N–H and O–H groups in total. The van der Waals surface area contributed by atoms with Crippen LogP contribution in [0.15, 0.2) is 0 Å². The van der Waals surface area contributed by atoms with Crippen LogP contribution in [0.4, 0.5) is 0 Å². The molecule has 0 aromatic heterocycles. The number of likely N-dealkylation sites (tertiary alicyclic amines) is 1. The van der Waals surface area contributed by atoms with E-state index in [4.69, 9.17) is 0 Å². The molecule has 1 heterocycles. The zero-order chi connectivity index (χ0) is 10.4. The maximum Gasteiger partial charge on any atom is 0.00816 e. The summed E-state index contributed by atoms with van der Waals surface area (Å²) in [6, 6.07) is 1.43. The van der Waals surface area contributed by atoms with E-state index in [2.05, 4.69) is 31.0 Å². The van der Waals surface area contributed by atoms with Crippen molar-refractivity contribution in [3.8, 4) is 0 Å². The van der Waals surface area contributed by atoms with Gasteiger partial charge in [0, 0.05) is 12.1 Å². The Morgan fingerprint density at radius 3 is 2.43 bits per heavy atom. The quantitative estimate of drug-likeness (QED) is 0.704. The Hall–Kier alpha value is -0.0800. The Kier molecular flexibility index (Phi) is 5.49. The smallest absolute Gasteiger partial charge is 0.00816 e. The van der Waals surface area contributed by atoms with E-state index in [1.807, 2.05) is 0 Å². The van der Waals surface area contributed by atoms with Gasteiger partial charge in [-0.2, -0.15) is 0 Å². The van der Waals surface area contributed by atoms with Gasteiger partial charge in [-0.3, -0.25) is 0 Å². The minimum absolute atomic E-state index is 0.672. The summed E-state index contributed by atoms with van der Waals surface area (Å²) in [5, 5.41) is 3.56. The van der Waals surface area contributed by atoms with E-state index in [0.717, 1.165) is 12.6 Å². The highest BCUT2D eigenvalue weighted by Crippen LogP contribution is 2.14. The average molecular weight is 198 g/mol. The van der Waals surface area contributed by atoms with E-state index >= 15 is 0 Å². The number of nitrogens with zero attached hydrogens (tertiary/aromatic N) is 1. The predicted octanol–water partition coefficient (Wildman–Crippen LogP) is 2.25. The van der Waals surface area contributed by atoms with Gasteiger partial charge in [-0.1, -0.05) is 6.92 Å². The largest absolute Gasteiger partial charge is 0.314 e. The van der Waals surface area contributed by atoms with Crippen LogP contribution >= 0.6 is 0 Å². The van der Waals surface area contributed by atoms with Crippen molar-refractivity contribution in [1.82, 2.24) is 10.2 Å². The van der Waals surface area contributed by atoms with E-state index in [9.17, 15) is 0 Å². The lowest BCUT2D eigenvalue weighted by atomic mass is 10.1. The van der Waals surface area contributed by atoms with Gasteiger partial charge in [0.1, 0.15) is 0 Å². The van der Waals surface area contributed by atoms with Gasteiger partial charge in [0.2, 0.25) is 0 Å². The van der Waals surface area contributed by atoms with Crippen LogP contribution in [0.5, 0.6) is 0 Å². The first kappa shape index (κ1) is 12.0. The molecule has 1 aliphatic heterocycles. The second-order valence-corrected chi connectivity index (χ2v) is 4.68. The maximum absolute atomic E-state index is 3.56. The van der Waals surface area contributed by atoms with E-state index in [0.29, 0.717) is 6.04 Å². The Balaban J connectivity index is 2.14. The van der Waals surface area contributed by atoms with Crippen molar-refractivity contribution in [3.05, 3.63) is 0 Å². The fraction of sp³-hybridized carbons (Fsp3) is 1.00. The van der Waals surface area contributed by atoms with Gasteiger partial charge in [-0.05, 0) is 59.2 Å². The molecule has 0 amide bonds. The zero-order valence-electron chi connectivity index (χ0n) is 10.1. The predicted molar refractivity (Wildman–Crippen MR) is 62.6 cm³/mol. The summed E-state index contributed by atoms with van der Waals surface area (Å²) in [5.41, 5.74) is 0. The van der Waals surface area contributed by atoms with Gasteiger partial charge < -0.3 is 10.2 Å². The lowest BCUT2D eigenvalue weighted by Crippen LogP contribution is -2.37. The van der Waals surface area contributed by atoms with Crippen molar-refractivity contribution in [3.63, 3.8) is 0 Å². The summed E-state index contributed by atoms with van der Waals surface area (Å²) in [7, 11) is 0. The molecule has 0 radical (unpaired) electrons. The number of hydrogen-bond acceptors (Lipinski definition) is 2. The molecule has 2 heteroatoms. The molecule has 2 unspecified atom stereocenters. The first-order chi connectivity index (χ1) is 6.74. The van der Waals surface area contributed by atoms with Gasteiger partial charge in [-0.15, -0.1) is 0 Å². The number of hydrogen-bond donors (Lipinski definition) is 1. The normalized spacial score (nSPS) is 22.5. The van der Waals surface area contributed by atoms with Gasteiger partial charge in [-0.25, -0.2) is 0 Å². The molecule has 84 valence electrons. The van der Waals surface area contributed by atoms with Gasteiger partial charge >= 0.3 is 0 Å². The molecule has 0 saturated carbocycles. The molecule has 0 spiro atoms. The summed E-state index contributed by atoms with van der Waals surface area (Å²) in [6.45, 7) is 10.7. The maximum atomic E-state index is 3.56. The van der Waals surface area contributed by atoms with Crippen LogP contribution in [0.25, 0.3) is 0 Å². The van der Waals surface area contributed by atoms with Gasteiger partial charge in [0.15, 0.2) is 0 Å². The van der Waals surface area contributed by atoms with E-state index in [1.165, 1.54) is 38.8 Å². The van der Waals surface area contributed by atoms with Crippen LogP contribution in [-0.2, 0) is 0 Å². The molecule has 2 atom stereocenters. The Morgan fingerprint density at radius 1 is 1.21 bits per heavy atom. The summed E-state index contributed by atoms with van der Waals surface area (Å²) < 4.78 is 0. The van der Waals surface area contributed by atoms with Crippen LogP contribution < -0.4 is 5.32 Å². The van der Waals surface area contributed by atoms with Crippen LogP contribution in [0.2, 0.25) is 0 Å². The second kappa shape index (κ2) is 6.41. The third kappa shape index (κ3) is 3.97. The molecular weight excluding hydrogens is 172 g/mol. The fourth-order valence-electron chi connectivity index (χ4n) is 2.32. The fourth-order valence-corrected chi connectivity index (χ4v) is 2.32. The lowest BCUT2D eigenvalue weighted by Gasteiger charge is -2.26. The first-order valence-corrected chi connectivity index (χ1v) is 6.21. The summed E-state index contributed by atoms with van der Waals surface area (Å²) in [5.74, 6) is 0. The van der Waals surface area contributed by atoms with E-state index in [1.54, 1.807) is 0 Å². The minimum atomic E-state index is 0.672. The van der Waals surface area contributed by atoms with Crippen molar-refractivity contribution in [1.29, 1.82) is 0 Å². The van der Waals surface area contributed by atoms with Crippen molar-refractivity contribution >= 4 is 0 Å². The Morgan fingerprint density at radius 2 is 1.86 bits per heavy atom. The molecule has 0 aliphatic carbocycles. The number of nitrogens with one attached hydrogen (secondary N) is 1.